The van der Waals surface area contributed by atoms with E-state index in [1.165, 1.54) is 5.56 Å². The van der Waals surface area contributed by atoms with Gasteiger partial charge in [0.05, 0.1) is 31.2 Å². The van der Waals surface area contributed by atoms with E-state index in [1.807, 2.05) is 38.1 Å². The Morgan fingerprint density at radius 2 is 1.84 bits per heavy atom. The molecule has 0 spiro atoms. The lowest BCUT2D eigenvalue weighted by Gasteiger charge is -2.14. The number of nitrogens with zero attached hydrogens (tertiary/aromatic N) is 1. The molecule has 0 fully saturated rings. The quantitative estimate of drug-likeness (QED) is 0.629. The summed E-state index contributed by atoms with van der Waals surface area (Å²) in [5.74, 6) is 0.605. The molecule has 0 saturated heterocycles. The summed E-state index contributed by atoms with van der Waals surface area (Å²) in [6.07, 6.45) is 3.38. The van der Waals surface area contributed by atoms with Gasteiger partial charge in [-0.1, -0.05) is 30.3 Å². The van der Waals surface area contributed by atoms with E-state index in [0.717, 1.165) is 18.4 Å². The third-order valence-electron chi connectivity index (χ3n) is 3.81. The number of hydrogen-bond acceptors (Lipinski definition) is 5. The van der Waals surface area contributed by atoms with Crippen LogP contribution in [0.15, 0.2) is 42.6 Å². The van der Waals surface area contributed by atoms with E-state index >= 15 is 0 Å². The number of pyridine rings is 1. The third-order valence-corrected chi connectivity index (χ3v) is 3.81. The molecule has 1 aromatic carbocycles. The Hall–Kier alpha value is -2.11. The molecule has 25 heavy (non-hydrogen) atoms. The highest BCUT2D eigenvalue weighted by molar-refractivity contribution is 5.45. The number of aromatic nitrogens is 1. The molecule has 0 bridgehead atoms. The first-order chi connectivity index (χ1) is 12.1. The summed E-state index contributed by atoms with van der Waals surface area (Å²) >= 11 is 0. The van der Waals surface area contributed by atoms with Gasteiger partial charge >= 0.3 is 0 Å². The molecular weight excluding hydrogens is 316 g/mol. The van der Waals surface area contributed by atoms with Crippen molar-refractivity contribution < 1.29 is 14.2 Å². The maximum absolute atomic E-state index is 5.77. The highest BCUT2D eigenvalue weighted by Crippen LogP contribution is 2.16. The summed E-state index contributed by atoms with van der Waals surface area (Å²) in [4.78, 5) is 4.18. The Morgan fingerprint density at radius 3 is 2.60 bits per heavy atom. The van der Waals surface area contributed by atoms with Gasteiger partial charge in [0.25, 0.3) is 0 Å². The highest BCUT2D eigenvalue weighted by atomic mass is 16.5. The van der Waals surface area contributed by atoms with Crippen LogP contribution in [0.25, 0.3) is 0 Å². The highest BCUT2D eigenvalue weighted by Gasteiger charge is 2.06. The Labute approximate surface area is 150 Å². The van der Waals surface area contributed by atoms with Gasteiger partial charge in [-0.15, -0.1) is 0 Å². The number of aryl methyl sites for hydroxylation is 1. The fourth-order valence-electron chi connectivity index (χ4n) is 2.25. The van der Waals surface area contributed by atoms with E-state index in [4.69, 9.17) is 19.9 Å². The van der Waals surface area contributed by atoms with E-state index in [0.29, 0.717) is 38.0 Å². The molecule has 0 aliphatic rings. The van der Waals surface area contributed by atoms with Crippen molar-refractivity contribution in [3.63, 3.8) is 0 Å². The van der Waals surface area contributed by atoms with Crippen LogP contribution in [0.2, 0.25) is 0 Å². The molecule has 5 heteroatoms. The Kier molecular flexibility index (Phi) is 8.22. The predicted molar refractivity (Wildman–Crippen MR) is 99.6 cm³/mol. The van der Waals surface area contributed by atoms with Crippen molar-refractivity contribution in [1.29, 1.82) is 0 Å². The summed E-state index contributed by atoms with van der Waals surface area (Å²) in [6.45, 7) is 6.67. The number of rotatable bonds is 11. The Morgan fingerprint density at radius 1 is 1.08 bits per heavy atom. The van der Waals surface area contributed by atoms with Gasteiger partial charge in [0.2, 0.25) is 5.88 Å². The van der Waals surface area contributed by atoms with Gasteiger partial charge in [-0.05, 0) is 31.4 Å². The predicted octanol–water partition coefficient (Wildman–Crippen LogP) is 3.75. The smallest absolute Gasteiger partial charge is 0.213 e. The van der Waals surface area contributed by atoms with Crippen LogP contribution in [0.3, 0.4) is 0 Å². The third kappa shape index (κ3) is 7.54. The molecule has 0 aliphatic carbocycles. The van der Waals surface area contributed by atoms with Crippen LogP contribution < -0.4 is 10.5 Å². The lowest BCUT2D eigenvalue weighted by Crippen LogP contribution is -2.16. The van der Waals surface area contributed by atoms with Gasteiger partial charge in [0, 0.05) is 25.7 Å². The standard InChI is InChI=1S/C20H28N2O3/c1-16-13-20(22-14-19(16)21)25-17(2)9-12-23-10-6-11-24-15-18-7-4-3-5-8-18/h3-5,7-8,13-14,17H,6,9-12,15,21H2,1-2H3. The number of nitrogen functional groups attached to an aromatic ring is 1. The molecule has 0 saturated carbocycles. The van der Waals surface area contributed by atoms with Gasteiger partial charge in [0.1, 0.15) is 0 Å². The summed E-state index contributed by atoms with van der Waals surface area (Å²) in [7, 11) is 0. The average molecular weight is 344 g/mol. The van der Waals surface area contributed by atoms with Crippen LogP contribution in [0, 0.1) is 6.92 Å². The second-order valence-electron chi connectivity index (χ2n) is 6.10. The van der Waals surface area contributed by atoms with E-state index in [9.17, 15) is 0 Å². The van der Waals surface area contributed by atoms with Crippen molar-refractivity contribution >= 4 is 5.69 Å². The van der Waals surface area contributed by atoms with Crippen LogP contribution in [0.4, 0.5) is 5.69 Å². The van der Waals surface area contributed by atoms with Crippen LogP contribution in [-0.2, 0) is 16.1 Å². The Bertz CT molecular complexity index is 620. The zero-order valence-corrected chi connectivity index (χ0v) is 15.1. The minimum absolute atomic E-state index is 0.0462. The Balaban J connectivity index is 1.49. The van der Waals surface area contributed by atoms with Gasteiger partial charge in [-0.25, -0.2) is 4.98 Å². The minimum atomic E-state index is 0.0462. The molecule has 1 atom stereocenters. The largest absolute Gasteiger partial charge is 0.475 e. The summed E-state index contributed by atoms with van der Waals surface area (Å²) in [5.41, 5.74) is 8.60. The number of benzene rings is 1. The maximum atomic E-state index is 5.77. The fraction of sp³-hybridized carbons (Fsp3) is 0.450. The zero-order chi connectivity index (χ0) is 17.9. The molecule has 136 valence electrons. The molecule has 2 N–H and O–H groups in total. The molecule has 2 rings (SSSR count). The maximum Gasteiger partial charge on any atom is 0.213 e. The summed E-state index contributed by atoms with van der Waals surface area (Å²) < 4.78 is 17.0. The van der Waals surface area contributed by atoms with E-state index in [2.05, 4.69) is 17.1 Å². The van der Waals surface area contributed by atoms with Gasteiger partial charge in [-0.3, -0.25) is 0 Å². The van der Waals surface area contributed by atoms with E-state index in [-0.39, 0.29) is 6.10 Å². The molecular formula is C20H28N2O3. The summed E-state index contributed by atoms with van der Waals surface area (Å²) in [6, 6.07) is 12.0. The molecule has 0 aliphatic heterocycles. The lowest BCUT2D eigenvalue weighted by molar-refractivity contribution is 0.0631. The van der Waals surface area contributed by atoms with Crippen molar-refractivity contribution in [2.45, 2.75) is 39.4 Å². The van der Waals surface area contributed by atoms with Crippen molar-refractivity contribution in [2.75, 3.05) is 25.6 Å². The second kappa shape index (κ2) is 10.7. The van der Waals surface area contributed by atoms with Crippen molar-refractivity contribution in [3.05, 3.63) is 53.7 Å². The van der Waals surface area contributed by atoms with Gasteiger partial charge in [0.15, 0.2) is 0 Å². The monoisotopic (exact) mass is 344 g/mol. The van der Waals surface area contributed by atoms with Crippen molar-refractivity contribution in [2.24, 2.45) is 0 Å². The number of nitrogens with two attached hydrogens (primary N) is 1. The molecule has 0 amide bonds. The van der Waals surface area contributed by atoms with E-state index in [1.54, 1.807) is 6.20 Å². The average Bonchev–Trinajstić information content (AvgIpc) is 2.61. The van der Waals surface area contributed by atoms with E-state index < -0.39 is 0 Å². The van der Waals surface area contributed by atoms with Crippen molar-refractivity contribution in [3.8, 4) is 5.88 Å². The first-order valence-corrected chi connectivity index (χ1v) is 8.73. The number of hydrogen-bond donors (Lipinski definition) is 1. The molecule has 5 nitrogen and oxygen atoms in total. The van der Waals surface area contributed by atoms with Crippen LogP contribution in [-0.4, -0.2) is 30.9 Å². The fourth-order valence-corrected chi connectivity index (χ4v) is 2.25. The summed E-state index contributed by atoms with van der Waals surface area (Å²) in [5, 5.41) is 0. The second-order valence-corrected chi connectivity index (χ2v) is 6.10. The minimum Gasteiger partial charge on any atom is -0.475 e. The molecule has 2 aromatic rings. The van der Waals surface area contributed by atoms with Gasteiger partial charge in [-0.2, -0.15) is 0 Å². The molecule has 1 heterocycles. The van der Waals surface area contributed by atoms with Crippen molar-refractivity contribution in [1.82, 2.24) is 4.98 Å². The normalized spacial score (nSPS) is 12.1. The van der Waals surface area contributed by atoms with Gasteiger partial charge < -0.3 is 19.9 Å². The molecule has 0 radical (unpaired) electrons. The number of anilines is 1. The topological polar surface area (TPSA) is 66.6 Å². The molecule has 1 aromatic heterocycles. The first-order valence-electron chi connectivity index (χ1n) is 8.73. The zero-order valence-electron chi connectivity index (χ0n) is 15.1. The SMILES string of the molecule is Cc1cc(OC(C)CCOCCCOCc2ccccc2)ncc1N. The van der Waals surface area contributed by atoms with Crippen LogP contribution in [0.1, 0.15) is 30.9 Å². The van der Waals surface area contributed by atoms with Crippen LogP contribution >= 0.6 is 0 Å². The number of ether oxygens (including phenoxy) is 3. The first kappa shape index (κ1) is 19.2. The molecule has 1 unspecified atom stereocenters. The lowest BCUT2D eigenvalue weighted by atomic mass is 10.2. The van der Waals surface area contributed by atoms with Crippen LogP contribution in [0.5, 0.6) is 5.88 Å².